The summed E-state index contributed by atoms with van der Waals surface area (Å²) in [6.45, 7) is 0. The van der Waals surface area contributed by atoms with Gasteiger partial charge in [0.25, 0.3) is 0 Å². The summed E-state index contributed by atoms with van der Waals surface area (Å²) in [7, 11) is 3.25. The van der Waals surface area contributed by atoms with E-state index in [4.69, 9.17) is 0 Å². The average molecular weight is 442 g/mol. The van der Waals surface area contributed by atoms with E-state index in [1.165, 1.54) is 49.9 Å². The molecular weight excluding hydrogens is 406 g/mol. The van der Waals surface area contributed by atoms with Crippen molar-refractivity contribution in [2.45, 2.75) is 86.9 Å². The standard InChI is InChI=1S/C19H29N3O2S2.C2H6O/c23-12-7-13-25-17-14-20-18(26-17)21-19(24)22(15-8-3-1-4-9-15)16-10-5-2-6-11-16;1-3-2/h12,14-16H,1-11,13H2,(H,20,21,24);1-2H3. The Morgan fingerprint density at radius 1 is 1.17 bits per heavy atom. The van der Waals surface area contributed by atoms with Gasteiger partial charge in [0.05, 0.1) is 10.4 Å². The van der Waals surface area contributed by atoms with Crippen LogP contribution < -0.4 is 5.32 Å². The molecule has 2 saturated carbocycles. The van der Waals surface area contributed by atoms with E-state index in [1.54, 1.807) is 32.2 Å². The number of aromatic nitrogens is 1. The fourth-order valence-electron chi connectivity index (χ4n) is 4.10. The lowest BCUT2D eigenvalue weighted by Crippen LogP contribution is -2.50. The summed E-state index contributed by atoms with van der Waals surface area (Å²) in [5, 5.41) is 3.73. The molecule has 1 aromatic heterocycles. The second-order valence-corrected chi connectivity index (χ2v) is 10.0. The molecule has 1 aromatic rings. The number of amides is 2. The number of nitrogens with one attached hydrogen (secondary N) is 1. The van der Waals surface area contributed by atoms with Crippen LogP contribution in [0.2, 0.25) is 0 Å². The number of carbonyl (C=O) groups excluding carboxylic acids is 2. The highest BCUT2D eigenvalue weighted by Crippen LogP contribution is 2.32. The van der Waals surface area contributed by atoms with Gasteiger partial charge in [0.15, 0.2) is 5.13 Å². The molecule has 0 unspecified atom stereocenters. The van der Waals surface area contributed by atoms with Crippen LogP contribution in [0.1, 0.15) is 70.6 Å². The molecule has 29 heavy (non-hydrogen) atoms. The van der Waals surface area contributed by atoms with Gasteiger partial charge < -0.3 is 14.4 Å². The number of aldehydes is 1. The molecule has 0 spiro atoms. The zero-order valence-corrected chi connectivity index (χ0v) is 19.4. The molecule has 0 atom stereocenters. The predicted molar refractivity (Wildman–Crippen MR) is 121 cm³/mol. The number of thioether (sulfide) groups is 1. The fraction of sp³-hybridized carbons (Fsp3) is 0.762. The smallest absolute Gasteiger partial charge is 0.324 e. The third kappa shape index (κ3) is 8.26. The first-order valence-corrected chi connectivity index (χ1v) is 12.5. The maximum absolute atomic E-state index is 13.1. The van der Waals surface area contributed by atoms with Crippen molar-refractivity contribution < 1.29 is 14.3 Å². The van der Waals surface area contributed by atoms with Gasteiger partial charge in [-0.05, 0) is 25.7 Å². The molecule has 2 aliphatic carbocycles. The number of carbonyl (C=O) groups is 2. The van der Waals surface area contributed by atoms with Crippen molar-refractivity contribution >= 4 is 40.5 Å². The Kier molecular flexibility index (Phi) is 11.6. The van der Waals surface area contributed by atoms with Crippen LogP contribution in [0.25, 0.3) is 0 Å². The highest BCUT2D eigenvalue weighted by Gasteiger charge is 2.32. The highest BCUT2D eigenvalue weighted by atomic mass is 32.2. The molecular formula is C21H35N3O3S2. The first kappa shape index (κ1) is 24.2. The van der Waals surface area contributed by atoms with Gasteiger partial charge in [0.1, 0.15) is 6.29 Å². The Balaban J connectivity index is 0.000000941. The van der Waals surface area contributed by atoms with Crippen molar-refractivity contribution in [2.24, 2.45) is 0 Å². The first-order valence-electron chi connectivity index (χ1n) is 10.7. The third-order valence-corrected chi connectivity index (χ3v) is 7.49. The molecule has 0 aromatic carbocycles. The van der Waals surface area contributed by atoms with Crippen molar-refractivity contribution in [1.82, 2.24) is 9.88 Å². The molecule has 3 rings (SSSR count). The number of hydrogen-bond donors (Lipinski definition) is 1. The van der Waals surface area contributed by atoms with Crippen LogP contribution in [0, 0.1) is 0 Å². The highest BCUT2D eigenvalue weighted by molar-refractivity contribution is 8.01. The van der Waals surface area contributed by atoms with E-state index in [0.29, 0.717) is 23.6 Å². The Morgan fingerprint density at radius 2 is 1.72 bits per heavy atom. The summed E-state index contributed by atoms with van der Waals surface area (Å²) in [6, 6.07) is 0.795. The quantitative estimate of drug-likeness (QED) is 0.339. The summed E-state index contributed by atoms with van der Waals surface area (Å²) in [5.74, 6) is 0.759. The fourth-order valence-corrected chi connectivity index (χ4v) is 5.90. The van der Waals surface area contributed by atoms with E-state index in [2.05, 4.69) is 19.9 Å². The van der Waals surface area contributed by atoms with Crippen LogP contribution in [0.15, 0.2) is 10.4 Å². The van der Waals surface area contributed by atoms with E-state index in [1.807, 2.05) is 0 Å². The summed E-state index contributed by atoms with van der Waals surface area (Å²) in [6.07, 6.45) is 15.3. The number of methoxy groups -OCH3 is 1. The third-order valence-electron chi connectivity index (χ3n) is 5.35. The van der Waals surface area contributed by atoms with Gasteiger partial charge in [-0.2, -0.15) is 0 Å². The van der Waals surface area contributed by atoms with Crippen molar-refractivity contribution in [3.63, 3.8) is 0 Å². The molecule has 2 amide bonds. The number of rotatable bonds is 7. The van der Waals surface area contributed by atoms with Crippen LogP contribution >= 0.6 is 23.1 Å². The van der Waals surface area contributed by atoms with Gasteiger partial charge in [-0.1, -0.05) is 49.9 Å². The SMILES string of the molecule is COC.O=CCCSc1cnc(NC(=O)N(C2CCCCC2)C2CCCCC2)s1. The van der Waals surface area contributed by atoms with Gasteiger partial charge in [0.2, 0.25) is 0 Å². The van der Waals surface area contributed by atoms with Crippen LogP contribution in [-0.2, 0) is 9.53 Å². The van der Waals surface area contributed by atoms with Gasteiger partial charge in [-0.15, -0.1) is 11.8 Å². The topological polar surface area (TPSA) is 71.5 Å². The van der Waals surface area contributed by atoms with Gasteiger partial charge in [-0.25, -0.2) is 9.78 Å². The first-order chi connectivity index (χ1) is 14.2. The van der Waals surface area contributed by atoms with Crippen LogP contribution in [-0.4, -0.2) is 54.3 Å². The minimum absolute atomic E-state index is 0.0302. The minimum Gasteiger partial charge on any atom is -0.388 e. The molecule has 0 saturated heterocycles. The van der Waals surface area contributed by atoms with E-state index in [9.17, 15) is 9.59 Å². The van der Waals surface area contributed by atoms with E-state index in [-0.39, 0.29) is 6.03 Å². The summed E-state index contributed by atoms with van der Waals surface area (Å²) < 4.78 is 5.30. The molecule has 0 bridgehead atoms. The van der Waals surface area contributed by atoms with Crippen molar-refractivity contribution in [1.29, 1.82) is 0 Å². The Morgan fingerprint density at radius 3 is 2.24 bits per heavy atom. The second-order valence-electron chi connectivity index (χ2n) is 7.62. The number of thiazole rings is 1. The average Bonchev–Trinajstić information content (AvgIpc) is 3.18. The zero-order chi connectivity index (χ0) is 20.9. The van der Waals surface area contributed by atoms with Crippen LogP contribution in [0.5, 0.6) is 0 Å². The van der Waals surface area contributed by atoms with Gasteiger partial charge in [-0.3, -0.25) is 5.32 Å². The normalized spacial score (nSPS) is 17.9. The molecule has 1 heterocycles. The molecule has 8 heteroatoms. The van der Waals surface area contributed by atoms with Crippen molar-refractivity contribution in [2.75, 3.05) is 25.3 Å². The van der Waals surface area contributed by atoms with E-state index >= 15 is 0 Å². The largest absolute Gasteiger partial charge is 0.388 e. The van der Waals surface area contributed by atoms with Crippen molar-refractivity contribution in [3.8, 4) is 0 Å². The molecule has 6 nitrogen and oxygen atoms in total. The number of ether oxygens (including phenoxy) is 1. The summed E-state index contributed by atoms with van der Waals surface area (Å²) in [4.78, 5) is 30.1. The monoisotopic (exact) mass is 441 g/mol. The number of anilines is 1. The molecule has 2 aliphatic rings. The van der Waals surface area contributed by atoms with E-state index in [0.717, 1.165) is 41.9 Å². The molecule has 1 N–H and O–H groups in total. The lowest BCUT2D eigenvalue weighted by Gasteiger charge is -2.41. The van der Waals surface area contributed by atoms with Gasteiger partial charge >= 0.3 is 6.03 Å². The minimum atomic E-state index is 0.0302. The maximum atomic E-state index is 13.1. The number of hydrogen-bond acceptors (Lipinski definition) is 6. The van der Waals surface area contributed by atoms with Crippen LogP contribution in [0.4, 0.5) is 9.93 Å². The number of nitrogens with zero attached hydrogens (tertiary/aromatic N) is 2. The lowest BCUT2D eigenvalue weighted by atomic mass is 9.89. The Hall–Kier alpha value is -1.12. The Bertz CT molecular complexity index is 582. The lowest BCUT2D eigenvalue weighted by molar-refractivity contribution is -0.107. The molecule has 0 aliphatic heterocycles. The zero-order valence-electron chi connectivity index (χ0n) is 17.7. The van der Waals surface area contributed by atoms with Crippen LogP contribution in [0.3, 0.4) is 0 Å². The number of urea groups is 1. The summed E-state index contributed by atoms with van der Waals surface area (Å²) in [5.41, 5.74) is 0. The van der Waals surface area contributed by atoms with Crippen molar-refractivity contribution in [3.05, 3.63) is 6.20 Å². The molecule has 0 radical (unpaired) electrons. The predicted octanol–water partition coefficient (Wildman–Crippen LogP) is 5.59. The maximum Gasteiger partial charge on any atom is 0.324 e. The molecule has 2 fully saturated rings. The summed E-state index contributed by atoms with van der Waals surface area (Å²) >= 11 is 3.12. The molecule has 164 valence electrons. The Labute approximate surface area is 183 Å². The second kappa shape index (κ2) is 14.0. The van der Waals surface area contributed by atoms with Gasteiger partial charge in [0, 0.05) is 38.5 Å². The van der Waals surface area contributed by atoms with E-state index < -0.39 is 0 Å².